The molecule has 0 aliphatic carbocycles. The maximum absolute atomic E-state index is 5.11. The van der Waals surface area contributed by atoms with Crippen LogP contribution in [0.5, 0.6) is 0 Å². The molecular formula is C6H18Br2N2. The number of hydrogen-bond donors (Lipinski definition) is 2. The van der Waals surface area contributed by atoms with Gasteiger partial charge in [-0.25, -0.2) is 0 Å². The van der Waals surface area contributed by atoms with Gasteiger partial charge in [0, 0.05) is 22.2 Å². The molecule has 0 radical (unpaired) electrons. The lowest BCUT2D eigenvalue weighted by Crippen LogP contribution is -2.08. The van der Waals surface area contributed by atoms with Crippen molar-refractivity contribution in [1.29, 1.82) is 0 Å². The van der Waals surface area contributed by atoms with Crippen LogP contribution < -0.4 is 10.1 Å². The Hall–Kier alpha value is 0.880. The average molecular weight is 278 g/mol. The molecule has 0 aromatic rings. The van der Waals surface area contributed by atoms with E-state index in [1.165, 1.54) is 0 Å². The average Bonchev–Trinajstić information content (AvgIpc) is 1.65. The van der Waals surface area contributed by atoms with Gasteiger partial charge in [0.05, 0.1) is 0 Å². The van der Waals surface area contributed by atoms with Crippen molar-refractivity contribution in [3.05, 3.63) is 0 Å². The highest BCUT2D eigenvalue weighted by molar-refractivity contribution is 9.08. The first-order valence-corrected chi connectivity index (χ1v) is 3.91. The van der Waals surface area contributed by atoms with Crippen LogP contribution in [0.25, 0.3) is 0 Å². The van der Waals surface area contributed by atoms with Crippen molar-refractivity contribution in [2.75, 3.05) is 0 Å². The highest BCUT2D eigenvalue weighted by atomic mass is 79.9. The van der Waals surface area contributed by atoms with Crippen LogP contribution in [0.1, 0.15) is 27.7 Å². The summed E-state index contributed by atoms with van der Waals surface area (Å²) in [6.45, 7) is 8.02. The van der Waals surface area contributed by atoms with E-state index >= 15 is 0 Å². The van der Waals surface area contributed by atoms with E-state index in [0.717, 1.165) is 0 Å². The van der Waals surface area contributed by atoms with Crippen molar-refractivity contribution in [2.24, 2.45) is 5.73 Å². The van der Waals surface area contributed by atoms with Crippen molar-refractivity contribution in [2.45, 2.75) is 39.8 Å². The molecule has 3 N–H and O–H groups in total. The normalized spacial score (nSPS) is 8.40. The number of rotatable bonds is 1. The Morgan fingerprint density at radius 2 is 1.30 bits per heavy atom. The molecule has 0 spiro atoms. The van der Waals surface area contributed by atoms with Crippen molar-refractivity contribution in [1.82, 2.24) is 4.34 Å². The predicted molar refractivity (Wildman–Crippen MR) is 56.8 cm³/mol. The molecule has 0 saturated carbocycles. The molecule has 0 aliphatic heterocycles. The van der Waals surface area contributed by atoms with E-state index in [-0.39, 0.29) is 17.0 Å². The van der Waals surface area contributed by atoms with E-state index in [4.69, 9.17) is 5.73 Å². The SMILES string of the molecule is Br.CC(C)N.CC(C)NBr. The lowest BCUT2D eigenvalue weighted by Gasteiger charge is -1.92. The van der Waals surface area contributed by atoms with Gasteiger partial charge >= 0.3 is 0 Å². The van der Waals surface area contributed by atoms with Gasteiger partial charge in [0.25, 0.3) is 0 Å². The topological polar surface area (TPSA) is 38.0 Å². The Labute approximate surface area is 83.0 Å². The second-order valence-electron chi connectivity index (χ2n) is 2.51. The molecule has 0 aromatic heterocycles. The second-order valence-corrected chi connectivity index (χ2v) is 2.97. The van der Waals surface area contributed by atoms with E-state index < -0.39 is 0 Å². The molecule has 4 heteroatoms. The molecule has 0 saturated heterocycles. The standard InChI is InChI=1S/C3H8BrN.C3H9N.BrH/c1-3(2)5-4;1-3(2)4;/h3,5H,1-2H3;3H,4H2,1-2H3;1H. The lowest BCUT2D eigenvalue weighted by atomic mass is 10.4. The summed E-state index contributed by atoms with van der Waals surface area (Å²) in [5.41, 5.74) is 5.11. The molecule has 0 rings (SSSR count). The van der Waals surface area contributed by atoms with Crippen molar-refractivity contribution in [3.8, 4) is 0 Å². The van der Waals surface area contributed by atoms with Gasteiger partial charge in [-0.1, -0.05) is 13.8 Å². The molecule has 10 heavy (non-hydrogen) atoms. The molecule has 0 fully saturated rings. The Kier molecular flexibility index (Phi) is 21.5. The molecule has 0 aliphatic rings. The lowest BCUT2D eigenvalue weighted by molar-refractivity contribution is 0.782. The maximum atomic E-state index is 5.11. The third-order valence-corrected chi connectivity index (χ3v) is 1.13. The van der Waals surface area contributed by atoms with Crippen LogP contribution in [0.3, 0.4) is 0 Å². The molecule has 66 valence electrons. The Morgan fingerprint density at radius 1 is 1.20 bits per heavy atom. The Morgan fingerprint density at radius 3 is 1.30 bits per heavy atom. The molecular weight excluding hydrogens is 260 g/mol. The summed E-state index contributed by atoms with van der Waals surface area (Å²) in [4.78, 5) is 0. The predicted octanol–water partition coefficient (Wildman–Crippen LogP) is 2.23. The van der Waals surface area contributed by atoms with E-state index in [9.17, 15) is 0 Å². The van der Waals surface area contributed by atoms with E-state index in [0.29, 0.717) is 12.1 Å². The van der Waals surface area contributed by atoms with Crippen LogP contribution in [0.2, 0.25) is 0 Å². The van der Waals surface area contributed by atoms with Gasteiger partial charge in [0.1, 0.15) is 0 Å². The van der Waals surface area contributed by atoms with Crippen LogP contribution in [0.4, 0.5) is 0 Å². The highest BCUT2D eigenvalue weighted by Crippen LogP contribution is 1.76. The first-order chi connectivity index (χ1) is 4.00. The van der Waals surface area contributed by atoms with Crippen LogP contribution in [-0.4, -0.2) is 12.1 Å². The van der Waals surface area contributed by atoms with Gasteiger partial charge in [-0.15, -0.1) is 17.0 Å². The zero-order valence-corrected chi connectivity index (χ0v) is 10.3. The van der Waals surface area contributed by atoms with E-state index in [1.807, 2.05) is 13.8 Å². The number of nitrogens with one attached hydrogen (secondary N) is 1. The summed E-state index contributed by atoms with van der Waals surface area (Å²) < 4.78 is 2.84. The maximum Gasteiger partial charge on any atom is 0.0118 e. The quantitative estimate of drug-likeness (QED) is 0.722. The summed E-state index contributed by atoms with van der Waals surface area (Å²) in [5.74, 6) is 0. The van der Waals surface area contributed by atoms with Gasteiger partial charge in [-0.05, 0) is 19.9 Å². The number of hydrogen-bond acceptors (Lipinski definition) is 2. The zero-order chi connectivity index (χ0) is 7.86. The minimum absolute atomic E-state index is 0. The van der Waals surface area contributed by atoms with Gasteiger partial charge < -0.3 is 5.73 Å². The molecule has 0 heterocycles. The minimum Gasteiger partial charge on any atom is -0.328 e. The molecule has 0 bridgehead atoms. The highest BCUT2D eigenvalue weighted by Gasteiger charge is 1.78. The third kappa shape index (κ3) is 66.5. The monoisotopic (exact) mass is 276 g/mol. The van der Waals surface area contributed by atoms with Crippen LogP contribution in [0.15, 0.2) is 0 Å². The fourth-order valence-corrected chi connectivity index (χ4v) is 0. The molecule has 2 nitrogen and oxygen atoms in total. The summed E-state index contributed by atoms with van der Waals surface area (Å²) in [6.07, 6.45) is 0. The van der Waals surface area contributed by atoms with Crippen LogP contribution in [-0.2, 0) is 0 Å². The zero-order valence-electron chi connectivity index (χ0n) is 7.02. The summed E-state index contributed by atoms with van der Waals surface area (Å²) in [5, 5.41) is 0. The number of halogens is 2. The van der Waals surface area contributed by atoms with Crippen molar-refractivity contribution < 1.29 is 0 Å². The molecule has 0 atom stereocenters. The van der Waals surface area contributed by atoms with E-state index in [2.05, 4.69) is 34.3 Å². The van der Waals surface area contributed by atoms with Gasteiger partial charge in [0.15, 0.2) is 0 Å². The fraction of sp³-hybridized carbons (Fsp3) is 1.00. The Bertz CT molecular complexity index is 46.3. The van der Waals surface area contributed by atoms with Crippen LogP contribution >= 0.6 is 33.1 Å². The Balaban J connectivity index is -0.0000000910. The number of nitrogens with two attached hydrogens (primary N) is 1. The van der Waals surface area contributed by atoms with Gasteiger partial charge in [0.2, 0.25) is 0 Å². The summed E-state index contributed by atoms with van der Waals surface area (Å²) in [6, 6.07) is 0.884. The first-order valence-electron chi connectivity index (χ1n) is 3.12. The first kappa shape index (κ1) is 17.1. The second kappa shape index (κ2) is 12.5. The minimum atomic E-state index is 0. The molecule has 0 amide bonds. The van der Waals surface area contributed by atoms with Crippen molar-refractivity contribution >= 4 is 33.1 Å². The molecule has 0 aromatic carbocycles. The van der Waals surface area contributed by atoms with Crippen LogP contribution in [0, 0.1) is 0 Å². The van der Waals surface area contributed by atoms with Crippen molar-refractivity contribution in [3.63, 3.8) is 0 Å². The van der Waals surface area contributed by atoms with Gasteiger partial charge in [-0.3, -0.25) is 4.34 Å². The summed E-state index contributed by atoms with van der Waals surface area (Å²) >= 11 is 3.06. The smallest absolute Gasteiger partial charge is 0.0118 e. The van der Waals surface area contributed by atoms with Gasteiger partial charge in [-0.2, -0.15) is 0 Å². The fourth-order valence-electron chi connectivity index (χ4n) is 0. The third-order valence-electron chi connectivity index (χ3n) is 0.218. The summed E-state index contributed by atoms with van der Waals surface area (Å²) in [7, 11) is 0. The molecule has 0 unspecified atom stereocenters. The van der Waals surface area contributed by atoms with E-state index in [1.54, 1.807) is 0 Å². The largest absolute Gasteiger partial charge is 0.328 e.